The molecule has 138 valence electrons. The van der Waals surface area contributed by atoms with Crippen LogP contribution in [0.25, 0.3) is 0 Å². The maximum absolute atomic E-state index is 12.3. The van der Waals surface area contributed by atoms with Crippen molar-refractivity contribution < 1.29 is 14.3 Å². The first-order chi connectivity index (χ1) is 12.6. The minimum Gasteiger partial charge on any atom is -0.491 e. The third-order valence-electron chi connectivity index (χ3n) is 3.42. The van der Waals surface area contributed by atoms with Crippen LogP contribution in [0.1, 0.15) is 13.8 Å². The number of benzene rings is 2. The van der Waals surface area contributed by atoms with Crippen molar-refractivity contribution in [2.24, 2.45) is 5.92 Å². The second-order valence-electron chi connectivity index (χ2n) is 6.20. The van der Waals surface area contributed by atoms with Crippen LogP contribution in [0.2, 0.25) is 0 Å². The first-order valence-corrected chi connectivity index (χ1v) is 8.68. The highest BCUT2D eigenvalue weighted by Crippen LogP contribution is 2.25. The van der Waals surface area contributed by atoms with Gasteiger partial charge in [0.05, 0.1) is 24.5 Å². The Hall–Kier alpha value is -2.95. The maximum Gasteiger partial charge on any atom is 0.243 e. The van der Waals surface area contributed by atoms with Gasteiger partial charge in [-0.15, -0.1) is 0 Å². The molecule has 5 heteroatoms. The molecule has 0 heterocycles. The molecular formula is C21H26N2O3. The molecule has 26 heavy (non-hydrogen) atoms. The molecule has 2 aromatic carbocycles. The monoisotopic (exact) mass is 354 g/mol. The summed E-state index contributed by atoms with van der Waals surface area (Å²) in [4.78, 5) is 12.3. The van der Waals surface area contributed by atoms with Crippen molar-refractivity contribution in [2.75, 3.05) is 30.4 Å². The zero-order valence-electron chi connectivity index (χ0n) is 15.3. The summed E-state index contributed by atoms with van der Waals surface area (Å²) in [5.74, 6) is 1.60. The van der Waals surface area contributed by atoms with Gasteiger partial charge in [0.15, 0.2) is 0 Å². The van der Waals surface area contributed by atoms with Crippen LogP contribution in [0.15, 0.2) is 61.2 Å². The van der Waals surface area contributed by atoms with Crippen LogP contribution >= 0.6 is 0 Å². The molecule has 5 nitrogen and oxygen atoms in total. The molecule has 0 radical (unpaired) electrons. The van der Waals surface area contributed by atoms with E-state index in [4.69, 9.17) is 9.47 Å². The summed E-state index contributed by atoms with van der Waals surface area (Å²) in [5, 5.41) is 5.98. The van der Waals surface area contributed by atoms with Crippen molar-refractivity contribution >= 4 is 17.3 Å². The highest BCUT2D eigenvalue weighted by atomic mass is 16.5. The summed E-state index contributed by atoms with van der Waals surface area (Å²) in [7, 11) is 0. The molecule has 0 aromatic heterocycles. The van der Waals surface area contributed by atoms with Gasteiger partial charge in [-0.2, -0.15) is 0 Å². The molecule has 0 unspecified atom stereocenters. The first-order valence-electron chi connectivity index (χ1n) is 8.68. The number of carbonyl (C=O) groups excluding carboxylic acids is 1. The van der Waals surface area contributed by atoms with Crippen molar-refractivity contribution in [1.82, 2.24) is 0 Å². The van der Waals surface area contributed by atoms with Gasteiger partial charge in [0.25, 0.3) is 0 Å². The van der Waals surface area contributed by atoms with E-state index in [1.54, 1.807) is 6.08 Å². The van der Waals surface area contributed by atoms with Crippen LogP contribution in [0.5, 0.6) is 11.5 Å². The van der Waals surface area contributed by atoms with Gasteiger partial charge < -0.3 is 20.1 Å². The smallest absolute Gasteiger partial charge is 0.243 e. The van der Waals surface area contributed by atoms with Gasteiger partial charge in [0.1, 0.15) is 18.1 Å². The number of hydrogen-bond acceptors (Lipinski definition) is 4. The molecule has 0 atom stereocenters. The molecule has 0 aliphatic heterocycles. The van der Waals surface area contributed by atoms with Gasteiger partial charge in [-0.05, 0) is 30.2 Å². The number of carbonyl (C=O) groups is 1. The van der Waals surface area contributed by atoms with E-state index in [1.807, 2.05) is 48.5 Å². The Morgan fingerprint density at radius 2 is 1.65 bits per heavy atom. The Balaban J connectivity index is 1.95. The lowest BCUT2D eigenvalue weighted by molar-refractivity contribution is -0.114. The third kappa shape index (κ3) is 6.16. The van der Waals surface area contributed by atoms with Gasteiger partial charge in [-0.1, -0.05) is 50.8 Å². The number of anilines is 2. The van der Waals surface area contributed by atoms with Crippen molar-refractivity contribution in [3.05, 3.63) is 61.2 Å². The quantitative estimate of drug-likeness (QED) is 0.623. The second kappa shape index (κ2) is 10.1. The number of ether oxygens (including phenoxy) is 2. The number of rotatable bonds is 10. The zero-order chi connectivity index (χ0) is 18.8. The number of para-hydroxylation sites is 4. The average Bonchev–Trinajstić information content (AvgIpc) is 2.64. The Kier molecular flexibility index (Phi) is 7.55. The molecule has 0 spiro atoms. The molecular weight excluding hydrogens is 328 g/mol. The van der Waals surface area contributed by atoms with E-state index in [9.17, 15) is 4.79 Å². The molecule has 0 bridgehead atoms. The number of nitrogens with one attached hydrogen (secondary N) is 2. The van der Waals surface area contributed by atoms with E-state index >= 15 is 0 Å². The van der Waals surface area contributed by atoms with Crippen LogP contribution in [0.3, 0.4) is 0 Å². The van der Waals surface area contributed by atoms with E-state index in [-0.39, 0.29) is 12.5 Å². The second-order valence-corrected chi connectivity index (χ2v) is 6.20. The molecule has 0 saturated carbocycles. The number of amides is 1. The predicted molar refractivity (Wildman–Crippen MR) is 106 cm³/mol. The summed E-state index contributed by atoms with van der Waals surface area (Å²) in [6.07, 6.45) is 1.68. The van der Waals surface area contributed by atoms with Gasteiger partial charge >= 0.3 is 0 Å². The normalized spacial score (nSPS) is 10.3. The van der Waals surface area contributed by atoms with Crippen molar-refractivity contribution in [1.29, 1.82) is 0 Å². The first kappa shape index (κ1) is 19.4. The van der Waals surface area contributed by atoms with Gasteiger partial charge in [-0.3, -0.25) is 4.79 Å². The Morgan fingerprint density at radius 1 is 1.04 bits per heavy atom. The Labute approximate surface area is 155 Å². The minimum atomic E-state index is -0.163. The SMILES string of the molecule is C=CCOc1ccccc1NCC(=O)Nc1ccccc1OCC(C)C. The van der Waals surface area contributed by atoms with E-state index in [2.05, 4.69) is 31.1 Å². The number of hydrogen-bond donors (Lipinski definition) is 2. The van der Waals surface area contributed by atoms with Crippen LogP contribution in [-0.2, 0) is 4.79 Å². The maximum atomic E-state index is 12.3. The lowest BCUT2D eigenvalue weighted by Crippen LogP contribution is -2.22. The minimum absolute atomic E-state index is 0.118. The molecule has 2 aromatic rings. The summed E-state index contributed by atoms with van der Waals surface area (Å²) in [6, 6.07) is 14.9. The lowest BCUT2D eigenvalue weighted by Gasteiger charge is -2.15. The van der Waals surface area contributed by atoms with Crippen LogP contribution in [0, 0.1) is 5.92 Å². The topological polar surface area (TPSA) is 59.6 Å². The van der Waals surface area contributed by atoms with E-state index in [0.717, 1.165) is 5.69 Å². The molecule has 0 fully saturated rings. The summed E-state index contributed by atoms with van der Waals surface area (Å²) >= 11 is 0. The molecule has 2 rings (SSSR count). The molecule has 2 N–H and O–H groups in total. The highest BCUT2D eigenvalue weighted by Gasteiger charge is 2.09. The fourth-order valence-corrected chi connectivity index (χ4v) is 2.21. The van der Waals surface area contributed by atoms with Crippen molar-refractivity contribution in [3.8, 4) is 11.5 Å². The Morgan fingerprint density at radius 3 is 2.31 bits per heavy atom. The average molecular weight is 354 g/mol. The van der Waals surface area contributed by atoms with Gasteiger partial charge in [-0.25, -0.2) is 0 Å². The van der Waals surface area contributed by atoms with Crippen LogP contribution in [0.4, 0.5) is 11.4 Å². The van der Waals surface area contributed by atoms with E-state index in [1.165, 1.54) is 0 Å². The standard InChI is InChI=1S/C21H26N2O3/c1-4-13-25-19-11-7-5-9-17(19)22-14-21(24)23-18-10-6-8-12-20(18)26-15-16(2)3/h4-12,16,22H,1,13-15H2,2-3H3,(H,23,24). The summed E-state index contributed by atoms with van der Waals surface area (Å²) < 4.78 is 11.3. The van der Waals surface area contributed by atoms with Crippen LogP contribution in [-0.4, -0.2) is 25.7 Å². The van der Waals surface area contributed by atoms with Gasteiger partial charge in [0, 0.05) is 0 Å². The van der Waals surface area contributed by atoms with Crippen molar-refractivity contribution in [2.45, 2.75) is 13.8 Å². The molecule has 0 saturated heterocycles. The summed E-state index contributed by atoms with van der Waals surface area (Å²) in [5.41, 5.74) is 1.42. The largest absolute Gasteiger partial charge is 0.491 e. The van der Waals surface area contributed by atoms with Crippen LogP contribution < -0.4 is 20.1 Å². The summed E-state index contributed by atoms with van der Waals surface area (Å²) in [6.45, 7) is 8.92. The van der Waals surface area contributed by atoms with Crippen molar-refractivity contribution in [3.63, 3.8) is 0 Å². The molecule has 0 aliphatic rings. The lowest BCUT2D eigenvalue weighted by atomic mass is 10.2. The fourth-order valence-electron chi connectivity index (χ4n) is 2.21. The fraction of sp³-hybridized carbons (Fsp3) is 0.286. The third-order valence-corrected chi connectivity index (χ3v) is 3.42. The molecule has 1 amide bonds. The predicted octanol–water partition coefficient (Wildman–Crippen LogP) is 4.34. The Bertz CT molecular complexity index is 729. The van der Waals surface area contributed by atoms with E-state index < -0.39 is 0 Å². The molecule has 0 aliphatic carbocycles. The van der Waals surface area contributed by atoms with E-state index in [0.29, 0.717) is 36.3 Å². The zero-order valence-corrected chi connectivity index (χ0v) is 15.3. The highest BCUT2D eigenvalue weighted by molar-refractivity contribution is 5.95. The van der Waals surface area contributed by atoms with Gasteiger partial charge in [0.2, 0.25) is 5.91 Å².